The number of aromatic nitrogens is 1. The molecule has 0 bridgehead atoms. The fraction of sp³-hybridized carbons (Fsp3) is 0.0526. The van der Waals surface area contributed by atoms with E-state index in [1.54, 1.807) is 0 Å². The number of pyridine rings is 1. The monoisotopic (exact) mass is 367 g/mol. The van der Waals surface area contributed by atoms with Crippen LogP contribution in [0.3, 0.4) is 0 Å². The summed E-state index contributed by atoms with van der Waals surface area (Å²) in [5.41, 5.74) is 6.34. The number of para-hydroxylation sites is 1. The second kappa shape index (κ2) is 8.86. The third-order valence-electron chi connectivity index (χ3n) is 3.34. The van der Waals surface area contributed by atoms with Gasteiger partial charge in [0.1, 0.15) is 6.21 Å². The van der Waals surface area contributed by atoms with Gasteiger partial charge in [-0.3, -0.25) is 5.43 Å². The first-order chi connectivity index (χ1) is 10.9. The predicted molar refractivity (Wildman–Crippen MR) is 89.8 cm³/mol. The van der Waals surface area contributed by atoms with Gasteiger partial charge in [0.2, 0.25) is 5.69 Å². The first-order valence-electron chi connectivity index (χ1n) is 7.28. The molecule has 3 rings (SSSR count). The highest BCUT2D eigenvalue weighted by atomic mass is 79.9. The summed E-state index contributed by atoms with van der Waals surface area (Å²) in [6.45, 7) is 0.828. The Kier molecular flexibility index (Phi) is 6.51. The van der Waals surface area contributed by atoms with Gasteiger partial charge in [-0.15, -0.1) is 0 Å². The van der Waals surface area contributed by atoms with Gasteiger partial charge >= 0.3 is 0 Å². The van der Waals surface area contributed by atoms with Crippen molar-refractivity contribution in [3.8, 4) is 0 Å². The SMILES string of the molecule is C(=N\Nc1ccccc1)/c1cccc[n+]1Cc1ccccc1.[Br-]. The molecule has 0 fully saturated rings. The molecule has 1 N–H and O–H groups in total. The average molecular weight is 368 g/mol. The Labute approximate surface area is 147 Å². The molecule has 0 unspecified atom stereocenters. The molecule has 2 aromatic carbocycles. The molecule has 23 heavy (non-hydrogen) atoms. The van der Waals surface area contributed by atoms with Gasteiger partial charge in [0.25, 0.3) is 0 Å². The zero-order valence-electron chi connectivity index (χ0n) is 12.6. The van der Waals surface area contributed by atoms with Gasteiger partial charge in [-0.1, -0.05) is 48.5 Å². The number of hydrogen-bond acceptors (Lipinski definition) is 2. The van der Waals surface area contributed by atoms with E-state index in [4.69, 9.17) is 0 Å². The molecular formula is C19H18BrN3. The van der Waals surface area contributed by atoms with Gasteiger partial charge in [0.15, 0.2) is 12.7 Å². The fourth-order valence-electron chi connectivity index (χ4n) is 2.22. The Hall–Kier alpha value is -2.46. The van der Waals surface area contributed by atoms with Crippen molar-refractivity contribution in [2.24, 2.45) is 5.10 Å². The molecule has 3 aromatic rings. The van der Waals surface area contributed by atoms with Crippen molar-refractivity contribution >= 4 is 11.9 Å². The van der Waals surface area contributed by atoms with Crippen molar-refractivity contribution in [1.82, 2.24) is 0 Å². The Bertz CT molecular complexity index is 743. The molecular weight excluding hydrogens is 350 g/mol. The van der Waals surface area contributed by atoms with E-state index in [9.17, 15) is 0 Å². The maximum atomic E-state index is 4.32. The van der Waals surface area contributed by atoms with E-state index in [1.807, 2.05) is 54.7 Å². The van der Waals surface area contributed by atoms with Crippen LogP contribution in [-0.4, -0.2) is 6.21 Å². The summed E-state index contributed by atoms with van der Waals surface area (Å²) in [5, 5.41) is 4.32. The normalized spacial score (nSPS) is 10.3. The highest BCUT2D eigenvalue weighted by Gasteiger charge is 2.07. The maximum Gasteiger partial charge on any atom is 0.225 e. The van der Waals surface area contributed by atoms with Gasteiger partial charge in [0, 0.05) is 17.7 Å². The molecule has 0 spiro atoms. The van der Waals surface area contributed by atoms with E-state index >= 15 is 0 Å². The molecule has 0 atom stereocenters. The van der Waals surface area contributed by atoms with Crippen LogP contribution >= 0.6 is 0 Å². The molecule has 0 saturated carbocycles. The summed E-state index contributed by atoms with van der Waals surface area (Å²) in [6.07, 6.45) is 3.91. The van der Waals surface area contributed by atoms with Crippen LogP contribution in [0.4, 0.5) is 5.69 Å². The minimum Gasteiger partial charge on any atom is -1.00 e. The average Bonchev–Trinajstić information content (AvgIpc) is 2.58. The van der Waals surface area contributed by atoms with Crippen LogP contribution in [0, 0.1) is 0 Å². The zero-order valence-corrected chi connectivity index (χ0v) is 14.2. The third-order valence-corrected chi connectivity index (χ3v) is 3.34. The van der Waals surface area contributed by atoms with Crippen molar-refractivity contribution in [3.05, 3.63) is 96.3 Å². The van der Waals surface area contributed by atoms with Gasteiger partial charge < -0.3 is 17.0 Å². The van der Waals surface area contributed by atoms with Crippen LogP contribution < -0.4 is 27.0 Å². The van der Waals surface area contributed by atoms with E-state index in [0.29, 0.717) is 0 Å². The van der Waals surface area contributed by atoms with Crippen molar-refractivity contribution in [3.63, 3.8) is 0 Å². The number of rotatable bonds is 5. The van der Waals surface area contributed by atoms with Crippen molar-refractivity contribution in [1.29, 1.82) is 0 Å². The molecule has 1 heterocycles. The Morgan fingerprint density at radius 2 is 1.48 bits per heavy atom. The number of nitrogens with zero attached hydrogens (tertiary/aromatic N) is 2. The third kappa shape index (κ3) is 5.04. The fourth-order valence-corrected chi connectivity index (χ4v) is 2.22. The minimum absolute atomic E-state index is 0. The summed E-state index contributed by atoms with van der Waals surface area (Å²) in [7, 11) is 0. The summed E-state index contributed by atoms with van der Waals surface area (Å²) in [6, 6.07) is 26.4. The second-order valence-corrected chi connectivity index (χ2v) is 4.98. The Morgan fingerprint density at radius 3 is 2.22 bits per heavy atom. The number of anilines is 1. The smallest absolute Gasteiger partial charge is 0.225 e. The van der Waals surface area contributed by atoms with Crippen molar-refractivity contribution < 1.29 is 21.5 Å². The molecule has 0 aliphatic heterocycles. The zero-order chi connectivity index (χ0) is 15.0. The maximum absolute atomic E-state index is 4.32. The molecule has 0 radical (unpaired) electrons. The molecule has 3 nitrogen and oxygen atoms in total. The van der Waals surface area contributed by atoms with Gasteiger partial charge in [-0.05, 0) is 18.2 Å². The van der Waals surface area contributed by atoms with Crippen LogP contribution in [0.5, 0.6) is 0 Å². The number of benzene rings is 2. The van der Waals surface area contributed by atoms with E-state index in [-0.39, 0.29) is 17.0 Å². The standard InChI is InChI=1S/C19H17N3.BrH/c1-3-9-17(10-4-1)16-22-14-8-7-13-19(22)15-20-21-18-11-5-2-6-12-18;/h1-15H,16H2;1H. The molecule has 0 aliphatic rings. The molecule has 1 aromatic heterocycles. The molecule has 4 heteroatoms. The molecule has 0 aliphatic carbocycles. The number of hydrazone groups is 1. The van der Waals surface area contributed by atoms with Gasteiger partial charge in [-0.2, -0.15) is 9.67 Å². The Balaban J connectivity index is 0.00000192. The van der Waals surface area contributed by atoms with Crippen LogP contribution in [0.2, 0.25) is 0 Å². The van der Waals surface area contributed by atoms with Crippen molar-refractivity contribution in [2.45, 2.75) is 6.54 Å². The summed E-state index contributed by atoms with van der Waals surface area (Å²) in [5.74, 6) is 0. The summed E-state index contributed by atoms with van der Waals surface area (Å²) >= 11 is 0. The van der Waals surface area contributed by atoms with Gasteiger partial charge in [0.05, 0.1) is 5.69 Å². The lowest BCUT2D eigenvalue weighted by molar-refractivity contribution is -0.689. The predicted octanol–water partition coefficient (Wildman–Crippen LogP) is 0.472. The topological polar surface area (TPSA) is 28.3 Å². The number of halogens is 1. The number of nitrogens with one attached hydrogen (secondary N) is 1. The molecule has 116 valence electrons. The highest BCUT2D eigenvalue weighted by Crippen LogP contribution is 2.04. The van der Waals surface area contributed by atoms with E-state index in [2.05, 4.69) is 51.6 Å². The van der Waals surface area contributed by atoms with Crippen LogP contribution in [0.25, 0.3) is 0 Å². The van der Waals surface area contributed by atoms with E-state index in [0.717, 1.165) is 17.9 Å². The lowest BCUT2D eigenvalue weighted by Crippen LogP contribution is -3.00. The largest absolute Gasteiger partial charge is 1.00 e. The lowest BCUT2D eigenvalue weighted by Gasteiger charge is -2.01. The quantitative estimate of drug-likeness (QED) is 0.396. The Morgan fingerprint density at radius 1 is 0.826 bits per heavy atom. The molecule has 0 amide bonds. The van der Waals surface area contributed by atoms with Crippen LogP contribution in [-0.2, 0) is 6.54 Å². The second-order valence-electron chi connectivity index (χ2n) is 4.98. The highest BCUT2D eigenvalue weighted by molar-refractivity contribution is 5.75. The van der Waals surface area contributed by atoms with Crippen molar-refractivity contribution in [2.75, 3.05) is 5.43 Å². The van der Waals surface area contributed by atoms with E-state index < -0.39 is 0 Å². The minimum atomic E-state index is 0. The summed E-state index contributed by atoms with van der Waals surface area (Å²) in [4.78, 5) is 0. The number of hydrogen-bond donors (Lipinski definition) is 1. The van der Waals surface area contributed by atoms with E-state index in [1.165, 1.54) is 5.56 Å². The molecule has 0 saturated heterocycles. The van der Waals surface area contributed by atoms with Crippen LogP contribution in [0.1, 0.15) is 11.3 Å². The summed E-state index contributed by atoms with van der Waals surface area (Å²) < 4.78 is 2.17. The van der Waals surface area contributed by atoms with Gasteiger partial charge in [-0.25, -0.2) is 0 Å². The first kappa shape index (κ1) is 16.9. The van der Waals surface area contributed by atoms with Crippen LogP contribution in [0.15, 0.2) is 90.2 Å². The lowest BCUT2D eigenvalue weighted by atomic mass is 10.2. The first-order valence-corrected chi connectivity index (χ1v) is 7.28.